The van der Waals surface area contributed by atoms with Gasteiger partial charge in [0.05, 0.1) is 17.5 Å². The largest absolute Gasteiger partial charge is 0.490 e. The molecule has 2 N–H and O–H groups in total. The number of methoxy groups -OCH3 is 1. The summed E-state index contributed by atoms with van der Waals surface area (Å²) in [6, 6.07) is 1.44. The van der Waals surface area contributed by atoms with Crippen LogP contribution in [0.3, 0.4) is 0 Å². The standard InChI is InChI=1S/C9H8N4O3/c1-16-6-4-5-8(12-3-2-11-5)7(10)9(6)13(14)15/h2-4H,10H2,1H3. The van der Waals surface area contributed by atoms with Crippen LogP contribution in [0.2, 0.25) is 0 Å². The Morgan fingerprint density at radius 2 is 2.12 bits per heavy atom. The van der Waals surface area contributed by atoms with E-state index in [0.29, 0.717) is 11.0 Å². The molecule has 1 aromatic heterocycles. The summed E-state index contributed by atoms with van der Waals surface area (Å²) in [5.41, 5.74) is 6.12. The number of rotatable bonds is 2. The van der Waals surface area contributed by atoms with Gasteiger partial charge >= 0.3 is 5.69 Å². The summed E-state index contributed by atoms with van der Waals surface area (Å²) in [7, 11) is 1.34. The Balaban J connectivity index is 2.87. The smallest absolute Gasteiger partial charge is 0.335 e. The minimum atomic E-state index is -0.595. The van der Waals surface area contributed by atoms with Crippen molar-refractivity contribution in [2.75, 3.05) is 12.8 Å². The van der Waals surface area contributed by atoms with E-state index < -0.39 is 4.92 Å². The molecule has 0 amide bonds. The number of nitrogens with zero attached hydrogens (tertiary/aromatic N) is 3. The molecule has 1 aromatic carbocycles. The summed E-state index contributed by atoms with van der Waals surface area (Å²) in [5.74, 6) is 0.0792. The zero-order chi connectivity index (χ0) is 11.7. The van der Waals surface area contributed by atoms with Gasteiger partial charge in [0.1, 0.15) is 11.2 Å². The first-order chi connectivity index (χ1) is 7.65. The van der Waals surface area contributed by atoms with Crippen LogP contribution < -0.4 is 10.5 Å². The average Bonchev–Trinajstić information content (AvgIpc) is 2.28. The molecule has 7 heteroatoms. The lowest BCUT2D eigenvalue weighted by Gasteiger charge is -2.06. The van der Waals surface area contributed by atoms with Crippen LogP contribution in [-0.2, 0) is 0 Å². The summed E-state index contributed by atoms with van der Waals surface area (Å²) in [6.45, 7) is 0. The number of nitro groups is 1. The topological polar surface area (TPSA) is 104 Å². The van der Waals surface area contributed by atoms with Crippen LogP contribution in [0.15, 0.2) is 18.5 Å². The molecule has 0 aliphatic carbocycles. The lowest BCUT2D eigenvalue weighted by molar-refractivity contribution is -0.384. The number of nitro benzene ring substituents is 1. The van der Waals surface area contributed by atoms with Crippen molar-refractivity contribution >= 4 is 22.4 Å². The average molecular weight is 220 g/mol. The minimum absolute atomic E-state index is 0.0348. The van der Waals surface area contributed by atoms with Crippen LogP contribution >= 0.6 is 0 Å². The third-order valence-corrected chi connectivity index (χ3v) is 2.14. The second-order valence-electron chi connectivity index (χ2n) is 3.02. The molecule has 0 aliphatic heterocycles. The van der Waals surface area contributed by atoms with Gasteiger partial charge < -0.3 is 10.5 Å². The molecule has 0 unspecified atom stereocenters. The van der Waals surface area contributed by atoms with Gasteiger partial charge in [-0.25, -0.2) is 0 Å². The molecule has 0 spiro atoms. The summed E-state index contributed by atoms with van der Waals surface area (Å²) < 4.78 is 4.91. The van der Waals surface area contributed by atoms with Crippen molar-refractivity contribution in [1.82, 2.24) is 9.97 Å². The highest BCUT2D eigenvalue weighted by Gasteiger charge is 2.23. The maximum absolute atomic E-state index is 10.8. The normalized spacial score (nSPS) is 10.3. The van der Waals surface area contributed by atoms with Crippen LogP contribution in [-0.4, -0.2) is 22.0 Å². The van der Waals surface area contributed by atoms with Crippen LogP contribution in [0.4, 0.5) is 11.4 Å². The van der Waals surface area contributed by atoms with E-state index in [1.807, 2.05) is 0 Å². The van der Waals surface area contributed by atoms with Crippen LogP contribution in [0, 0.1) is 10.1 Å². The second kappa shape index (κ2) is 3.61. The molecule has 16 heavy (non-hydrogen) atoms. The first-order valence-corrected chi connectivity index (χ1v) is 4.36. The monoisotopic (exact) mass is 220 g/mol. The summed E-state index contributed by atoms with van der Waals surface area (Å²) in [6.07, 6.45) is 2.90. The van der Waals surface area contributed by atoms with Crippen LogP contribution in [0.1, 0.15) is 0 Å². The van der Waals surface area contributed by atoms with Gasteiger partial charge in [0.15, 0.2) is 0 Å². The van der Waals surface area contributed by atoms with Crippen molar-refractivity contribution in [3.8, 4) is 5.75 Å². The molecule has 0 atom stereocenters. The van der Waals surface area contributed by atoms with E-state index in [1.165, 1.54) is 25.6 Å². The highest BCUT2D eigenvalue weighted by molar-refractivity contribution is 5.94. The van der Waals surface area contributed by atoms with Gasteiger partial charge in [-0.05, 0) is 0 Å². The van der Waals surface area contributed by atoms with Crippen molar-refractivity contribution < 1.29 is 9.66 Å². The predicted octanol–water partition coefficient (Wildman–Crippen LogP) is 1.13. The number of benzene rings is 1. The van der Waals surface area contributed by atoms with Gasteiger partial charge in [-0.3, -0.25) is 20.1 Å². The zero-order valence-electron chi connectivity index (χ0n) is 8.38. The van der Waals surface area contributed by atoms with E-state index in [0.717, 1.165) is 0 Å². The Kier molecular flexibility index (Phi) is 2.28. The Hall–Kier alpha value is -2.44. The highest BCUT2D eigenvalue weighted by Crippen LogP contribution is 2.37. The third kappa shape index (κ3) is 1.38. The quantitative estimate of drug-likeness (QED) is 0.462. The Morgan fingerprint density at radius 1 is 1.44 bits per heavy atom. The van der Waals surface area contributed by atoms with Gasteiger partial charge in [0.2, 0.25) is 5.75 Å². The molecule has 82 valence electrons. The molecule has 0 saturated heterocycles. The van der Waals surface area contributed by atoms with Gasteiger partial charge in [-0.1, -0.05) is 0 Å². The molecular formula is C9H8N4O3. The van der Waals surface area contributed by atoms with Crippen molar-refractivity contribution in [2.24, 2.45) is 0 Å². The van der Waals surface area contributed by atoms with Gasteiger partial charge in [-0.15, -0.1) is 0 Å². The molecule has 2 aromatic rings. The zero-order valence-corrected chi connectivity index (χ0v) is 8.38. The predicted molar refractivity (Wildman–Crippen MR) is 57.2 cm³/mol. The number of ether oxygens (including phenoxy) is 1. The fraction of sp³-hybridized carbons (Fsp3) is 0.111. The van der Waals surface area contributed by atoms with Gasteiger partial charge in [-0.2, -0.15) is 0 Å². The second-order valence-corrected chi connectivity index (χ2v) is 3.02. The molecule has 0 aliphatic rings. The van der Waals surface area contributed by atoms with E-state index in [-0.39, 0.29) is 17.1 Å². The number of aromatic nitrogens is 2. The lowest BCUT2D eigenvalue weighted by Crippen LogP contribution is -2.01. The molecular weight excluding hydrogens is 212 g/mol. The van der Waals surface area contributed by atoms with Gasteiger partial charge in [0, 0.05) is 18.5 Å². The minimum Gasteiger partial charge on any atom is -0.490 e. The van der Waals surface area contributed by atoms with E-state index in [4.69, 9.17) is 10.5 Å². The van der Waals surface area contributed by atoms with E-state index in [1.54, 1.807) is 0 Å². The Morgan fingerprint density at radius 3 is 2.75 bits per heavy atom. The third-order valence-electron chi connectivity index (χ3n) is 2.14. The molecule has 2 rings (SSSR count). The number of nitrogens with two attached hydrogens (primary N) is 1. The molecule has 0 fully saturated rings. The maximum Gasteiger partial charge on any atom is 0.335 e. The van der Waals surface area contributed by atoms with E-state index in [9.17, 15) is 10.1 Å². The first kappa shape index (κ1) is 10.1. The fourth-order valence-electron chi connectivity index (χ4n) is 1.44. The Labute approximate surface area is 90.0 Å². The van der Waals surface area contributed by atoms with E-state index in [2.05, 4.69) is 9.97 Å². The molecule has 0 radical (unpaired) electrons. The SMILES string of the molecule is COc1cc2nccnc2c(N)c1[N+](=O)[O-]. The van der Waals surface area contributed by atoms with Crippen LogP contribution in [0.25, 0.3) is 11.0 Å². The molecule has 0 saturated carbocycles. The number of hydrogen-bond acceptors (Lipinski definition) is 6. The molecule has 7 nitrogen and oxygen atoms in total. The lowest BCUT2D eigenvalue weighted by atomic mass is 10.2. The number of anilines is 1. The first-order valence-electron chi connectivity index (χ1n) is 4.36. The number of fused-ring (bicyclic) bond motifs is 1. The summed E-state index contributed by atoms with van der Waals surface area (Å²) >= 11 is 0. The maximum atomic E-state index is 10.8. The van der Waals surface area contributed by atoms with Crippen molar-refractivity contribution in [2.45, 2.75) is 0 Å². The summed E-state index contributed by atoms with van der Waals surface area (Å²) in [4.78, 5) is 18.2. The Bertz CT molecular complexity index is 570. The number of nitrogen functional groups attached to an aromatic ring is 1. The van der Waals surface area contributed by atoms with Crippen molar-refractivity contribution in [3.63, 3.8) is 0 Å². The highest BCUT2D eigenvalue weighted by atomic mass is 16.6. The van der Waals surface area contributed by atoms with Crippen molar-refractivity contribution in [1.29, 1.82) is 0 Å². The van der Waals surface area contributed by atoms with Gasteiger partial charge in [0.25, 0.3) is 0 Å². The summed E-state index contributed by atoms with van der Waals surface area (Å²) in [5, 5.41) is 10.8. The van der Waals surface area contributed by atoms with Crippen molar-refractivity contribution in [3.05, 3.63) is 28.6 Å². The van der Waals surface area contributed by atoms with E-state index >= 15 is 0 Å². The molecule has 1 heterocycles. The fourth-order valence-corrected chi connectivity index (χ4v) is 1.44. The molecule has 0 bridgehead atoms. The van der Waals surface area contributed by atoms with Crippen LogP contribution in [0.5, 0.6) is 5.75 Å². The number of hydrogen-bond donors (Lipinski definition) is 1.